The van der Waals surface area contributed by atoms with Crippen LogP contribution in [-0.4, -0.2) is 43.1 Å². The molecule has 0 saturated carbocycles. The lowest BCUT2D eigenvalue weighted by Gasteiger charge is -2.32. The number of hydrogen-bond donors (Lipinski definition) is 1. The maximum Gasteiger partial charge on any atom is 0.306 e. The van der Waals surface area contributed by atoms with Gasteiger partial charge in [0.15, 0.2) is 5.13 Å². The van der Waals surface area contributed by atoms with Crippen LogP contribution in [0.5, 0.6) is 0 Å². The van der Waals surface area contributed by atoms with E-state index in [2.05, 4.69) is 21.0 Å². The first-order chi connectivity index (χ1) is 11.7. The van der Waals surface area contributed by atoms with Crippen LogP contribution in [0.15, 0.2) is 24.3 Å². The molecule has 2 heterocycles. The fourth-order valence-electron chi connectivity index (χ4n) is 2.88. The highest BCUT2D eigenvalue weighted by Crippen LogP contribution is 2.30. The smallest absolute Gasteiger partial charge is 0.306 e. The lowest BCUT2D eigenvalue weighted by Crippen LogP contribution is -2.47. The highest BCUT2D eigenvalue weighted by molar-refractivity contribution is 7.22. The monoisotopic (exact) mass is 347 g/mol. The van der Waals surface area contributed by atoms with Crippen LogP contribution < -0.4 is 10.2 Å². The molecule has 1 fully saturated rings. The lowest BCUT2D eigenvalue weighted by atomic mass is 10.1. The van der Waals surface area contributed by atoms with Gasteiger partial charge in [-0.15, -0.1) is 0 Å². The summed E-state index contributed by atoms with van der Waals surface area (Å²) in [6, 6.07) is 8.20. The van der Waals surface area contributed by atoms with Crippen LogP contribution >= 0.6 is 11.3 Å². The van der Waals surface area contributed by atoms with Gasteiger partial charge >= 0.3 is 5.97 Å². The first-order valence-corrected chi connectivity index (χ1v) is 8.94. The van der Waals surface area contributed by atoms with E-state index in [0.29, 0.717) is 0 Å². The number of carbonyl (C=O) groups excluding carboxylic acids is 2. The van der Waals surface area contributed by atoms with Crippen molar-refractivity contribution < 1.29 is 14.3 Å². The number of fused-ring (bicyclic) bond motifs is 1. The van der Waals surface area contributed by atoms with Crippen LogP contribution in [0.2, 0.25) is 0 Å². The molecule has 1 aromatic heterocycles. The van der Waals surface area contributed by atoms with Crippen molar-refractivity contribution >= 4 is 38.6 Å². The largest absolute Gasteiger partial charge is 0.469 e. The Kier molecular flexibility index (Phi) is 5.30. The first-order valence-electron chi connectivity index (χ1n) is 8.12. The third-order valence-corrected chi connectivity index (χ3v) is 5.22. The number of anilines is 1. The number of methoxy groups -OCH3 is 1. The molecule has 7 heteroatoms. The molecule has 1 N–H and O–H groups in total. The SMILES string of the molecule is COC(=O)CCC(=O)N[C@H]1CCCN(c2nc3ccccc3s2)C1. The van der Waals surface area contributed by atoms with Crippen LogP contribution in [0.4, 0.5) is 5.13 Å². The molecule has 2 aromatic rings. The van der Waals surface area contributed by atoms with Crippen molar-refractivity contribution in [1.29, 1.82) is 0 Å². The number of benzene rings is 1. The molecule has 1 saturated heterocycles. The number of nitrogens with one attached hydrogen (secondary N) is 1. The zero-order valence-corrected chi connectivity index (χ0v) is 14.5. The van der Waals surface area contributed by atoms with Crippen molar-refractivity contribution in [3.63, 3.8) is 0 Å². The number of carbonyl (C=O) groups is 2. The minimum Gasteiger partial charge on any atom is -0.469 e. The van der Waals surface area contributed by atoms with Gasteiger partial charge in [-0.05, 0) is 25.0 Å². The average molecular weight is 347 g/mol. The summed E-state index contributed by atoms with van der Waals surface area (Å²) < 4.78 is 5.74. The maximum absolute atomic E-state index is 12.0. The Morgan fingerprint density at radius 3 is 3.00 bits per heavy atom. The predicted octanol–water partition coefficient (Wildman–Crippen LogP) is 2.33. The van der Waals surface area contributed by atoms with Gasteiger partial charge in [-0.25, -0.2) is 4.98 Å². The summed E-state index contributed by atoms with van der Waals surface area (Å²) in [4.78, 5) is 30.0. The second kappa shape index (κ2) is 7.61. The molecule has 0 spiro atoms. The standard InChI is InChI=1S/C17H21N3O3S/c1-23-16(22)9-8-15(21)18-12-5-4-10-20(11-12)17-19-13-6-2-3-7-14(13)24-17/h2-3,6-7,12H,4-5,8-11H2,1H3,(H,18,21)/t12-/m0/s1. The highest BCUT2D eigenvalue weighted by atomic mass is 32.1. The quantitative estimate of drug-likeness (QED) is 0.841. The summed E-state index contributed by atoms with van der Waals surface area (Å²) in [5.74, 6) is -0.457. The minimum absolute atomic E-state index is 0.0934. The van der Waals surface area contributed by atoms with E-state index in [1.165, 1.54) is 11.8 Å². The Hall–Kier alpha value is -2.15. The molecule has 128 valence electrons. The molecule has 1 aliphatic rings. The van der Waals surface area contributed by atoms with Gasteiger partial charge in [0.2, 0.25) is 5.91 Å². The van der Waals surface area contributed by atoms with Gasteiger partial charge in [-0.1, -0.05) is 23.5 Å². The molecule has 3 rings (SSSR count). The van der Waals surface area contributed by atoms with Gasteiger partial charge in [0.05, 0.1) is 23.7 Å². The highest BCUT2D eigenvalue weighted by Gasteiger charge is 2.23. The number of nitrogens with zero attached hydrogens (tertiary/aromatic N) is 2. The molecule has 1 atom stereocenters. The molecule has 6 nitrogen and oxygen atoms in total. The Labute approximate surface area is 144 Å². The Morgan fingerprint density at radius 1 is 1.38 bits per heavy atom. The van der Waals surface area contributed by atoms with Crippen molar-refractivity contribution in [2.24, 2.45) is 0 Å². The number of esters is 1. The Morgan fingerprint density at radius 2 is 2.21 bits per heavy atom. The van der Waals surface area contributed by atoms with Gasteiger partial charge in [0, 0.05) is 25.6 Å². The number of hydrogen-bond acceptors (Lipinski definition) is 6. The summed E-state index contributed by atoms with van der Waals surface area (Å²) >= 11 is 1.68. The number of ether oxygens (including phenoxy) is 1. The third-order valence-electron chi connectivity index (χ3n) is 4.12. The van der Waals surface area contributed by atoms with Crippen LogP contribution in [0, 0.1) is 0 Å². The number of rotatable bonds is 5. The van der Waals surface area contributed by atoms with Gasteiger partial charge in [-0.3, -0.25) is 9.59 Å². The zero-order valence-electron chi connectivity index (χ0n) is 13.7. The molecule has 1 amide bonds. The first kappa shape index (κ1) is 16.7. The maximum atomic E-state index is 12.0. The van der Waals surface area contributed by atoms with E-state index >= 15 is 0 Å². The molecule has 0 unspecified atom stereocenters. The van der Waals surface area contributed by atoms with Crippen LogP contribution in [0.25, 0.3) is 10.2 Å². The van der Waals surface area contributed by atoms with Crippen molar-refractivity contribution in [2.75, 3.05) is 25.1 Å². The van der Waals surface area contributed by atoms with Crippen molar-refractivity contribution in [3.8, 4) is 0 Å². The van der Waals surface area contributed by atoms with E-state index in [-0.39, 0.29) is 30.8 Å². The second-order valence-corrected chi connectivity index (χ2v) is 6.90. The summed E-state index contributed by atoms with van der Waals surface area (Å²) in [6.45, 7) is 1.71. The van der Waals surface area contributed by atoms with Crippen molar-refractivity contribution in [1.82, 2.24) is 10.3 Å². The van der Waals surface area contributed by atoms with E-state index in [9.17, 15) is 9.59 Å². The molecule has 1 aliphatic heterocycles. The van der Waals surface area contributed by atoms with Crippen molar-refractivity contribution in [2.45, 2.75) is 31.7 Å². The molecule has 0 radical (unpaired) electrons. The number of aromatic nitrogens is 1. The molecule has 0 aliphatic carbocycles. The third kappa shape index (κ3) is 4.03. The summed E-state index contributed by atoms with van der Waals surface area (Å²) in [5.41, 5.74) is 1.02. The van der Waals surface area contributed by atoms with E-state index in [0.717, 1.165) is 36.6 Å². The van der Waals surface area contributed by atoms with Crippen molar-refractivity contribution in [3.05, 3.63) is 24.3 Å². The Bertz CT molecular complexity index is 698. The minimum atomic E-state index is -0.357. The number of amides is 1. The molecular formula is C17H21N3O3S. The number of para-hydroxylation sites is 1. The lowest BCUT2D eigenvalue weighted by molar-refractivity contribution is -0.142. The van der Waals surface area contributed by atoms with Crippen LogP contribution in [0.1, 0.15) is 25.7 Å². The topological polar surface area (TPSA) is 71.5 Å². The Balaban J connectivity index is 1.58. The fraction of sp³-hybridized carbons (Fsp3) is 0.471. The van der Waals surface area contributed by atoms with Crippen LogP contribution in [0.3, 0.4) is 0 Å². The normalized spacial score (nSPS) is 17.7. The van der Waals surface area contributed by atoms with Gasteiger partial charge in [0.25, 0.3) is 0 Å². The number of piperidine rings is 1. The van der Waals surface area contributed by atoms with E-state index < -0.39 is 0 Å². The van der Waals surface area contributed by atoms with Gasteiger partial charge in [-0.2, -0.15) is 0 Å². The van der Waals surface area contributed by atoms with E-state index in [1.807, 2.05) is 18.2 Å². The molecular weight excluding hydrogens is 326 g/mol. The molecule has 0 bridgehead atoms. The summed E-state index contributed by atoms with van der Waals surface area (Å²) in [5, 5.41) is 4.02. The fourth-order valence-corrected chi connectivity index (χ4v) is 3.88. The van der Waals surface area contributed by atoms with Crippen LogP contribution in [-0.2, 0) is 14.3 Å². The number of thiazole rings is 1. The predicted molar refractivity (Wildman–Crippen MR) is 94.2 cm³/mol. The zero-order chi connectivity index (χ0) is 16.9. The van der Waals surface area contributed by atoms with Gasteiger partial charge < -0.3 is 15.0 Å². The van der Waals surface area contributed by atoms with Gasteiger partial charge in [0.1, 0.15) is 0 Å². The van der Waals surface area contributed by atoms with E-state index in [1.54, 1.807) is 11.3 Å². The molecule has 24 heavy (non-hydrogen) atoms. The average Bonchev–Trinajstić information content (AvgIpc) is 3.04. The van der Waals surface area contributed by atoms with E-state index in [4.69, 9.17) is 4.98 Å². The second-order valence-electron chi connectivity index (χ2n) is 5.89. The summed E-state index contributed by atoms with van der Waals surface area (Å²) in [6.07, 6.45) is 2.25. The summed E-state index contributed by atoms with van der Waals surface area (Å²) in [7, 11) is 1.33. The molecule has 1 aromatic carbocycles.